The summed E-state index contributed by atoms with van der Waals surface area (Å²) >= 11 is 6.25. The first kappa shape index (κ1) is 15.2. The summed E-state index contributed by atoms with van der Waals surface area (Å²) < 4.78 is 2.30. The lowest BCUT2D eigenvalue weighted by Crippen LogP contribution is -1.93. The van der Waals surface area contributed by atoms with E-state index in [2.05, 4.69) is 83.4 Å². The van der Waals surface area contributed by atoms with Gasteiger partial charge in [0.05, 0.1) is 11.0 Å². The molecule has 0 fully saturated rings. The van der Waals surface area contributed by atoms with Crippen LogP contribution in [0.3, 0.4) is 0 Å². The summed E-state index contributed by atoms with van der Waals surface area (Å²) in [4.78, 5) is 0. The molecular formula is C24H16ClN. The normalized spacial score (nSPS) is 11.3. The molecule has 0 aliphatic heterocycles. The molecule has 26 heavy (non-hydrogen) atoms. The van der Waals surface area contributed by atoms with E-state index in [1.54, 1.807) is 0 Å². The molecule has 1 nitrogen and oxygen atoms in total. The Morgan fingerprint density at radius 1 is 0.538 bits per heavy atom. The van der Waals surface area contributed by atoms with Gasteiger partial charge in [-0.1, -0.05) is 72.3 Å². The summed E-state index contributed by atoms with van der Waals surface area (Å²) in [6, 6.07) is 33.8. The molecule has 0 spiro atoms. The van der Waals surface area contributed by atoms with Crippen LogP contribution in [0.5, 0.6) is 0 Å². The molecule has 1 aromatic heterocycles. The first-order chi connectivity index (χ1) is 12.8. The number of nitrogens with zero attached hydrogens (tertiary/aromatic N) is 1. The van der Waals surface area contributed by atoms with Gasteiger partial charge < -0.3 is 4.57 Å². The SMILES string of the molecule is Clc1ccc2c(c1)c1ccccc1n2-c1ccc(-c2ccccc2)cc1. The molecule has 5 aromatic rings. The van der Waals surface area contributed by atoms with Gasteiger partial charge >= 0.3 is 0 Å². The number of fused-ring (bicyclic) bond motifs is 3. The summed E-state index contributed by atoms with van der Waals surface area (Å²) in [6.07, 6.45) is 0. The smallest absolute Gasteiger partial charge is 0.0542 e. The highest BCUT2D eigenvalue weighted by Crippen LogP contribution is 2.34. The van der Waals surface area contributed by atoms with Crippen LogP contribution in [0.15, 0.2) is 97.1 Å². The van der Waals surface area contributed by atoms with Crippen LogP contribution in [0.1, 0.15) is 0 Å². The summed E-state index contributed by atoms with van der Waals surface area (Å²) in [5.41, 5.74) is 5.96. The average molecular weight is 354 g/mol. The number of hydrogen-bond acceptors (Lipinski definition) is 0. The minimum atomic E-state index is 0.764. The van der Waals surface area contributed by atoms with Gasteiger partial charge in [0.2, 0.25) is 0 Å². The fraction of sp³-hybridized carbons (Fsp3) is 0. The van der Waals surface area contributed by atoms with Crippen molar-refractivity contribution >= 4 is 33.4 Å². The molecule has 0 bridgehead atoms. The summed E-state index contributed by atoms with van der Waals surface area (Å²) in [5.74, 6) is 0. The van der Waals surface area contributed by atoms with Crippen LogP contribution in [0.2, 0.25) is 5.02 Å². The first-order valence-electron chi connectivity index (χ1n) is 8.66. The second-order valence-electron chi connectivity index (χ2n) is 6.43. The van der Waals surface area contributed by atoms with Crippen molar-refractivity contribution in [2.24, 2.45) is 0 Å². The zero-order valence-electron chi connectivity index (χ0n) is 14.1. The number of hydrogen-bond donors (Lipinski definition) is 0. The third-order valence-corrected chi connectivity index (χ3v) is 5.10. The Bertz CT molecular complexity index is 1220. The standard InChI is InChI=1S/C24H16ClN/c25-19-12-15-24-22(16-19)21-8-4-5-9-23(21)26(24)20-13-10-18(11-14-20)17-6-2-1-3-7-17/h1-16H. The molecular weight excluding hydrogens is 338 g/mol. The largest absolute Gasteiger partial charge is 0.309 e. The number of benzene rings is 4. The van der Waals surface area contributed by atoms with Gasteiger partial charge in [0.1, 0.15) is 0 Å². The Kier molecular flexibility index (Phi) is 3.55. The van der Waals surface area contributed by atoms with Crippen molar-refractivity contribution in [2.45, 2.75) is 0 Å². The van der Waals surface area contributed by atoms with Gasteiger partial charge in [-0.2, -0.15) is 0 Å². The highest BCUT2D eigenvalue weighted by Gasteiger charge is 2.12. The zero-order chi connectivity index (χ0) is 17.5. The van der Waals surface area contributed by atoms with E-state index in [0.29, 0.717) is 0 Å². The van der Waals surface area contributed by atoms with Gasteiger partial charge in [0, 0.05) is 21.5 Å². The van der Waals surface area contributed by atoms with Crippen molar-refractivity contribution in [3.8, 4) is 16.8 Å². The monoisotopic (exact) mass is 353 g/mol. The van der Waals surface area contributed by atoms with Gasteiger partial charge in [-0.15, -0.1) is 0 Å². The van der Waals surface area contributed by atoms with Crippen LogP contribution in [-0.4, -0.2) is 4.57 Å². The maximum absolute atomic E-state index is 6.25. The summed E-state index contributed by atoms with van der Waals surface area (Å²) in [5, 5.41) is 3.16. The predicted molar refractivity (Wildman–Crippen MR) is 111 cm³/mol. The van der Waals surface area contributed by atoms with Crippen LogP contribution < -0.4 is 0 Å². The van der Waals surface area contributed by atoms with Gasteiger partial charge in [0.25, 0.3) is 0 Å². The second kappa shape index (κ2) is 6.05. The van der Waals surface area contributed by atoms with E-state index >= 15 is 0 Å². The fourth-order valence-corrected chi connectivity index (χ4v) is 3.83. The Morgan fingerprint density at radius 2 is 1.19 bits per heavy atom. The van der Waals surface area contributed by atoms with Crippen LogP contribution >= 0.6 is 11.6 Å². The predicted octanol–water partition coefficient (Wildman–Crippen LogP) is 7.10. The van der Waals surface area contributed by atoms with E-state index in [1.165, 1.54) is 32.9 Å². The molecule has 4 aromatic carbocycles. The molecule has 124 valence electrons. The molecule has 0 N–H and O–H groups in total. The van der Waals surface area contributed by atoms with Crippen molar-refractivity contribution in [3.63, 3.8) is 0 Å². The lowest BCUT2D eigenvalue weighted by atomic mass is 10.1. The average Bonchev–Trinajstić information content (AvgIpc) is 3.02. The van der Waals surface area contributed by atoms with Gasteiger partial charge in [-0.05, 0) is 47.5 Å². The molecule has 0 saturated heterocycles. The summed E-state index contributed by atoms with van der Waals surface area (Å²) in [7, 11) is 0. The Balaban J connectivity index is 1.73. The third-order valence-electron chi connectivity index (χ3n) is 4.87. The lowest BCUT2D eigenvalue weighted by Gasteiger charge is -2.09. The molecule has 0 unspecified atom stereocenters. The van der Waals surface area contributed by atoms with Crippen molar-refractivity contribution < 1.29 is 0 Å². The van der Waals surface area contributed by atoms with E-state index in [4.69, 9.17) is 11.6 Å². The Hall–Kier alpha value is -3.03. The second-order valence-corrected chi connectivity index (χ2v) is 6.86. The van der Waals surface area contributed by atoms with Crippen molar-refractivity contribution in [2.75, 3.05) is 0 Å². The number of rotatable bonds is 2. The van der Waals surface area contributed by atoms with E-state index in [-0.39, 0.29) is 0 Å². The zero-order valence-corrected chi connectivity index (χ0v) is 14.8. The number of para-hydroxylation sites is 1. The Morgan fingerprint density at radius 3 is 2.00 bits per heavy atom. The van der Waals surface area contributed by atoms with Gasteiger partial charge in [0.15, 0.2) is 0 Å². The lowest BCUT2D eigenvalue weighted by molar-refractivity contribution is 1.18. The van der Waals surface area contributed by atoms with Crippen molar-refractivity contribution in [1.29, 1.82) is 0 Å². The minimum absolute atomic E-state index is 0.764. The van der Waals surface area contributed by atoms with Crippen molar-refractivity contribution in [1.82, 2.24) is 4.57 Å². The van der Waals surface area contributed by atoms with E-state index in [1.807, 2.05) is 18.2 Å². The molecule has 0 saturated carbocycles. The topological polar surface area (TPSA) is 4.93 Å². The number of aromatic nitrogens is 1. The minimum Gasteiger partial charge on any atom is -0.309 e. The molecule has 1 heterocycles. The van der Waals surface area contributed by atoms with Crippen molar-refractivity contribution in [3.05, 3.63) is 102 Å². The van der Waals surface area contributed by atoms with E-state index in [0.717, 1.165) is 10.7 Å². The van der Waals surface area contributed by atoms with Crippen LogP contribution in [0.25, 0.3) is 38.6 Å². The van der Waals surface area contributed by atoms with E-state index in [9.17, 15) is 0 Å². The maximum Gasteiger partial charge on any atom is 0.0542 e. The van der Waals surface area contributed by atoms with Crippen LogP contribution in [0.4, 0.5) is 0 Å². The molecule has 0 aliphatic carbocycles. The molecule has 0 amide bonds. The molecule has 0 radical (unpaired) electrons. The van der Waals surface area contributed by atoms with E-state index < -0.39 is 0 Å². The number of halogens is 1. The quantitative estimate of drug-likeness (QED) is 0.319. The van der Waals surface area contributed by atoms with Crippen LogP contribution in [0, 0.1) is 0 Å². The fourth-order valence-electron chi connectivity index (χ4n) is 3.66. The molecule has 2 heteroatoms. The highest BCUT2D eigenvalue weighted by atomic mass is 35.5. The molecule has 0 aliphatic rings. The first-order valence-corrected chi connectivity index (χ1v) is 9.04. The van der Waals surface area contributed by atoms with Gasteiger partial charge in [-0.3, -0.25) is 0 Å². The molecule has 0 atom stereocenters. The highest BCUT2D eigenvalue weighted by molar-refractivity contribution is 6.32. The third kappa shape index (κ3) is 2.40. The van der Waals surface area contributed by atoms with Gasteiger partial charge in [-0.25, -0.2) is 0 Å². The Labute approximate surface area is 157 Å². The molecule has 5 rings (SSSR count). The van der Waals surface area contributed by atoms with Crippen LogP contribution in [-0.2, 0) is 0 Å². The summed E-state index contributed by atoms with van der Waals surface area (Å²) in [6.45, 7) is 0. The maximum atomic E-state index is 6.25.